The minimum Gasteiger partial charge on any atom is -0.469 e. The van der Waals surface area contributed by atoms with Crippen LogP contribution >= 0.6 is 15.9 Å². The first-order valence-corrected chi connectivity index (χ1v) is 8.36. The van der Waals surface area contributed by atoms with Gasteiger partial charge in [0.05, 0.1) is 24.7 Å². The maximum absolute atomic E-state index is 12.2. The second-order valence-corrected chi connectivity index (χ2v) is 6.62. The molecule has 1 saturated heterocycles. The Hall–Kier alpha value is -2.39. The minimum absolute atomic E-state index is 0.0260. The number of esters is 1. The van der Waals surface area contributed by atoms with Gasteiger partial charge in [-0.15, -0.1) is 0 Å². The maximum atomic E-state index is 12.2. The molecule has 0 N–H and O–H groups in total. The van der Waals surface area contributed by atoms with Crippen LogP contribution < -0.4 is 4.90 Å². The number of nitriles is 1. The number of methoxy groups -OCH3 is 1. The van der Waals surface area contributed by atoms with Crippen LogP contribution in [0.5, 0.6) is 0 Å². The number of aromatic nitrogens is 1. The van der Waals surface area contributed by atoms with Gasteiger partial charge in [-0.25, -0.2) is 4.98 Å². The van der Waals surface area contributed by atoms with E-state index in [-0.39, 0.29) is 17.8 Å². The molecule has 2 heterocycles. The zero-order valence-electron chi connectivity index (χ0n) is 13.1. The molecule has 1 fully saturated rings. The van der Waals surface area contributed by atoms with E-state index in [0.29, 0.717) is 24.5 Å². The van der Waals surface area contributed by atoms with Gasteiger partial charge in [-0.05, 0) is 29.8 Å². The van der Waals surface area contributed by atoms with Crippen LogP contribution in [0, 0.1) is 17.2 Å². The smallest absolute Gasteiger partial charge is 0.311 e. The summed E-state index contributed by atoms with van der Waals surface area (Å²) < 4.78 is 5.99. The molecule has 1 aliphatic heterocycles. The van der Waals surface area contributed by atoms with Crippen molar-refractivity contribution in [3.05, 3.63) is 58.2 Å². The topological polar surface area (TPSA) is 66.2 Å². The summed E-state index contributed by atoms with van der Waals surface area (Å²) in [6.45, 7) is 1.18. The number of hydrogen-bond acceptors (Lipinski definition) is 5. The van der Waals surface area contributed by atoms with Crippen LogP contribution in [0.4, 0.5) is 5.82 Å². The van der Waals surface area contributed by atoms with Crippen molar-refractivity contribution in [1.29, 1.82) is 5.26 Å². The molecular weight excluding hydrogens is 370 g/mol. The third-order valence-corrected chi connectivity index (χ3v) is 4.85. The number of rotatable bonds is 3. The van der Waals surface area contributed by atoms with Crippen molar-refractivity contribution in [2.45, 2.75) is 5.92 Å². The molecule has 122 valence electrons. The Kier molecular flexibility index (Phi) is 4.81. The summed E-state index contributed by atoms with van der Waals surface area (Å²) in [5, 5.41) is 9.06. The molecule has 0 radical (unpaired) electrons. The first-order valence-electron chi connectivity index (χ1n) is 7.56. The van der Waals surface area contributed by atoms with Crippen molar-refractivity contribution >= 4 is 27.7 Å². The molecule has 1 aromatic carbocycles. The summed E-state index contributed by atoms with van der Waals surface area (Å²) in [6.07, 6.45) is 1.62. The number of benzene rings is 1. The van der Waals surface area contributed by atoms with Gasteiger partial charge in [-0.2, -0.15) is 5.26 Å². The van der Waals surface area contributed by atoms with E-state index in [1.54, 1.807) is 18.3 Å². The summed E-state index contributed by atoms with van der Waals surface area (Å²) in [7, 11) is 1.41. The normalized spacial score (nSPS) is 19.8. The average molecular weight is 386 g/mol. The molecule has 24 heavy (non-hydrogen) atoms. The SMILES string of the molecule is COC(=O)[C@@H]1CN(c2cc(C#N)ccn2)C[C@H]1c1ccc(Br)cc1. The molecule has 1 aromatic heterocycles. The lowest BCUT2D eigenvalue weighted by molar-refractivity contribution is -0.145. The van der Waals surface area contributed by atoms with E-state index in [1.165, 1.54) is 7.11 Å². The standard InChI is InChI=1S/C18H16BrN3O2/c1-24-18(23)16-11-22(17-8-12(9-20)6-7-21-17)10-15(16)13-2-4-14(19)5-3-13/h2-8,15-16H,10-11H2,1H3/t15-,16+/m0/s1. The lowest BCUT2D eigenvalue weighted by Gasteiger charge is -2.17. The van der Waals surface area contributed by atoms with E-state index >= 15 is 0 Å². The Balaban J connectivity index is 1.91. The van der Waals surface area contributed by atoms with Gasteiger partial charge in [0.15, 0.2) is 0 Å². The van der Waals surface area contributed by atoms with Gasteiger partial charge < -0.3 is 9.64 Å². The van der Waals surface area contributed by atoms with Gasteiger partial charge in [0.25, 0.3) is 0 Å². The molecule has 0 spiro atoms. The van der Waals surface area contributed by atoms with Gasteiger partial charge in [0.2, 0.25) is 0 Å². The lowest BCUT2D eigenvalue weighted by atomic mass is 9.89. The number of carbonyl (C=O) groups is 1. The number of halogens is 1. The van der Waals surface area contributed by atoms with Crippen LogP contribution in [0.25, 0.3) is 0 Å². The molecule has 2 atom stereocenters. The number of ether oxygens (including phenoxy) is 1. The highest BCUT2D eigenvalue weighted by Crippen LogP contribution is 2.36. The van der Waals surface area contributed by atoms with Crippen molar-refractivity contribution < 1.29 is 9.53 Å². The van der Waals surface area contributed by atoms with E-state index in [2.05, 4.69) is 27.0 Å². The number of hydrogen-bond donors (Lipinski definition) is 0. The molecular formula is C18H16BrN3O2. The fraction of sp³-hybridized carbons (Fsp3) is 0.278. The first kappa shape index (κ1) is 16.5. The van der Waals surface area contributed by atoms with Crippen LogP contribution in [-0.2, 0) is 9.53 Å². The molecule has 0 unspecified atom stereocenters. The van der Waals surface area contributed by atoms with Crippen LogP contribution in [0.1, 0.15) is 17.0 Å². The van der Waals surface area contributed by atoms with E-state index in [0.717, 1.165) is 10.0 Å². The van der Waals surface area contributed by atoms with Gasteiger partial charge in [-0.3, -0.25) is 4.79 Å². The fourth-order valence-electron chi connectivity index (χ4n) is 3.09. The predicted molar refractivity (Wildman–Crippen MR) is 93.6 cm³/mol. The van der Waals surface area contributed by atoms with Gasteiger partial charge >= 0.3 is 5.97 Å². The van der Waals surface area contributed by atoms with Gasteiger partial charge in [-0.1, -0.05) is 28.1 Å². The third-order valence-electron chi connectivity index (χ3n) is 4.32. The van der Waals surface area contributed by atoms with Crippen molar-refractivity contribution in [2.24, 2.45) is 5.92 Å². The summed E-state index contributed by atoms with van der Waals surface area (Å²) in [4.78, 5) is 18.6. The van der Waals surface area contributed by atoms with Crippen molar-refractivity contribution in [3.63, 3.8) is 0 Å². The van der Waals surface area contributed by atoms with Crippen LogP contribution in [0.2, 0.25) is 0 Å². The minimum atomic E-state index is -0.260. The fourth-order valence-corrected chi connectivity index (χ4v) is 3.35. The molecule has 0 amide bonds. The highest BCUT2D eigenvalue weighted by atomic mass is 79.9. The maximum Gasteiger partial charge on any atom is 0.311 e. The number of anilines is 1. The Morgan fingerprint density at radius 1 is 1.33 bits per heavy atom. The monoisotopic (exact) mass is 385 g/mol. The zero-order valence-corrected chi connectivity index (χ0v) is 14.7. The third kappa shape index (κ3) is 3.26. The molecule has 3 rings (SSSR count). The number of pyridine rings is 1. The Labute approximate surface area is 149 Å². The van der Waals surface area contributed by atoms with Crippen molar-refractivity contribution in [1.82, 2.24) is 4.98 Å². The Morgan fingerprint density at radius 2 is 2.08 bits per heavy atom. The number of nitrogens with zero attached hydrogens (tertiary/aromatic N) is 3. The van der Waals surface area contributed by atoms with E-state index in [4.69, 9.17) is 10.00 Å². The second-order valence-electron chi connectivity index (χ2n) is 5.71. The van der Waals surface area contributed by atoms with Crippen LogP contribution in [0.3, 0.4) is 0 Å². The summed E-state index contributed by atoms with van der Waals surface area (Å²) >= 11 is 3.43. The van der Waals surface area contributed by atoms with Crippen LogP contribution in [0.15, 0.2) is 47.1 Å². The quantitative estimate of drug-likeness (QED) is 0.759. The predicted octanol–water partition coefficient (Wildman–Crippen LogP) is 3.11. The van der Waals surface area contributed by atoms with Crippen molar-refractivity contribution in [2.75, 3.05) is 25.1 Å². The van der Waals surface area contributed by atoms with Gasteiger partial charge in [0, 0.05) is 29.7 Å². The lowest BCUT2D eigenvalue weighted by Crippen LogP contribution is -2.24. The van der Waals surface area contributed by atoms with E-state index in [9.17, 15) is 4.79 Å². The Bertz CT molecular complexity index is 786. The van der Waals surface area contributed by atoms with Gasteiger partial charge in [0.1, 0.15) is 5.82 Å². The Morgan fingerprint density at radius 3 is 2.75 bits per heavy atom. The largest absolute Gasteiger partial charge is 0.469 e. The zero-order chi connectivity index (χ0) is 17.1. The highest BCUT2D eigenvalue weighted by molar-refractivity contribution is 9.10. The molecule has 0 aliphatic carbocycles. The van der Waals surface area contributed by atoms with E-state index in [1.807, 2.05) is 29.2 Å². The average Bonchev–Trinajstić information content (AvgIpc) is 3.07. The molecule has 2 aromatic rings. The summed E-state index contributed by atoms with van der Waals surface area (Å²) in [5.41, 5.74) is 1.65. The summed E-state index contributed by atoms with van der Waals surface area (Å²) in [5.74, 6) is 0.256. The van der Waals surface area contributed by atoms with Crippen LogP contribution in [-0.4, -0.2) is 31.2 Å². The summed E-state index contributed by atoms with van der Waals surface area (Å²) in [6, 6.07) is 13.5. The molecule has 5 nitrogen and oxygen atoms in total. The molecule has 0 saturated carbocycles. The first-order chi connectivity index (χ1) is 11.6. The molecule has 0 bridgehead atoms. The highest BCUT2D eigenvalue weighted by Gasteiger charge is 2.39. The molecule has 1 aliphatic rings. The second kappa shape index (κ2) is 7.02. The number of carbonyl (C=O) groups excluding carboxylic acids is 1. The van der Waals surface area contributed by atoms with E-state index < -0.39 is 0 Å². The molecule has 6 heteroatoms. The van der Waals surface area contributed by atoms with Crippen molar-refractivity contribution in [3.8, 4) is 6.07 Å².